The highest BCUT2D eigenvalue weighted by molar-refractivity contribution is 7.89. The highest BCUT2D eigenvalue weighted by Crippen LogP contribution is 2.33. The summed E-state index contributed by atoms with van der Waals surface area (Å²) in [5.74, 6) is -2.04. The lowest BCUT2D eigenvalue weighted by atomic mass is 9.99. The summed E-state index contributed by atoms with van der Waals surface area (Å²) in [7, 11) is -3.86. The van der Waals surface area contributed by atoms with Gasteiger partial charge in [-0.3, -0.25) is 4.79 Å². The molecule has 1 aliphatic rings. The van der Waals surface area contributed by atoms with Gasteiger partial charge in [-0.1, -0.05) is 41.7 Å². The van der Waals surface area contributed by atoms with Crippen LogP contribution in [0, 0.1) is 11.7 Å². The minimum atomic E-state index is -3.86. The average molecular weight is 518 g/mol. The van der Waals surface area contributed by atoms with Crippen molar-refractivity contribution in [2.24, 2.45) is 5.92 Å². The fourth-order valence-corrected chi connectivity index (χ4v) is 6.25. The number of halogens is 1. The van der Waals surface area contributed by atoms with Crippen molar-refractivity contribution in [3.05, 3.63) is 65.3 Å². The zero-order valence-corrected chi connectivity index (χ0v) is 20.6. The molecule has 3 aromatic rings. The van der Waals surface area contributed by atoms with Crippen LogP contribution in [0.4, 0.5) is 9.52 Å². The second kappa shape index (κ2) is 10.6. The van der Waals surface area contributed by atoms with Gasteiger partial charge in [-0.25, -0.2) is 22.6 Å². The number of anilines is 1. The molecule has 8 nitrogen and oxygen atoms in total. The van der Waals surface area contributed by atoms with Crippen molar-refractivity contribution in [1.82, 2.24) is 9.29 Å². The van der Waals surface area contributed by atoms with Gasteiger partial charge in [-0.2, -0.15) is 4.31 Å². The van der Waals surface area contributed by atoms with E-state index in [0.29, 0.717) is 24.1 Å². The van der Waals surface area contributed by atoms with E-state index in [1.54, 1.807) is 6.92 Å². The number of piperidine rings is 1. The van der Waals surface area contributed by atoms with E-state index in [1.165, 1.54) is 16.4 Å². The molecule has 0 bridgehead atoms. The number of hydrogen-bond donors (Lipinski definition) is 1. The number of aromatic nitrogens is 1. The lowest BCUT2D eigenvalue weighted by molar-refractivity contribution is -0.120. The first-order valence-corrected chi connectivity index (χ1v) is 13.3. The molecule has 1 amide bonds. The Kier molecular flexibility index (Phi) is 7.58. The molecule has 1 atom stereocenters. The standard InChI is InChI=1S/C24H24FN3O5S2/c1-2-33-23(30)21-20(16-7-4-3-5-8-16)26-24(34-21)27-22(29)17-9-6-14-28(15-17)35(31,32)19-12-10-18(25)11-13-19/h3-5,7-8,10-13,17H,2,6,9,14-15H2,1H3,(H,26,27,29). The van der Waals surface area contributed by atoms with Crippen molar-refractivity contribution >= 4 is 38.4 Å². The molecule has 1 aliphatic heterocycles. The number of amides is 1. The molecule has 0 aliphatic carbocycles. The molecule has 1 N–H and O–H groups in total. The number of esters is 1. The van der Waals surface area contributed by atoms with E-state index < -0.39 is 27.7 Å². The molecule has 0 spiro atoms. The first-order valence-electron chi connectivity index (χ1n) is 11.1. The van der Waals surface area contributed by atoms with Crippen molar-refractivity contribution in [3.8, 4) is 11.3 Å². The number of carbonyl (C=O) groups excluding carboxylic acids is 2. The summed E-state index contributed by atoms with van der Waals surface area (Å²) in [6, 6.07) is 13.7. The summed E-state index contributed by atoms with van der Waals surface area (Å²) in [6.45, 7) is 2.17. The summed E-state index contributed by atoms with van der Waals surface area (Å²) < 4.78 is 45.6. The lowest BCUT2D eigenvalue weighted by Gasteiger charge is -2.31. The normalized spacial score (nSPS) is 16.6. The topological polar surface area (TPSA) is 106 Å². The number of hydrogen-bond acceptors (Lipinski definition) is 7. The molecular formula is C24H24FN3O5S2. The summed E-state index contributed by atoms with van der Waals surface area (Å²) in [5, 5.41) is 2.98. The predicted molar refractivity (Wildman–Crippen MR) is 130 cm³/mol. The Bertz CT molecular complexity index is 1310. The van der Waals surface area contributed by atoms with Gasteiger partial charge < -0.3 is 10.1 Å². The van der Waals surface area contributed by atoms with E-state index >= 15 is 0 Å². The van der Waals surface area contributed by atoms with Crippen molar-refractivity contribution in [2.75, 3.05) is 25.0 Å². The number of sulfonamides is 1. The van der Waals surface area contributed by atoms with Gasteiger partial charge in [0.1, 0.15) is 10.7 Å². The van der Waals surface area contributed by atoms with Crippen LogP contribution >= 0.6 is 11.3 Å². The average Bonchev–Trinajstić information content (AvgIpc) is 3.29. The molecule has 0 saturated carbocycles. The fraction of sp³-hybridized carbons (Fsp3) is 0.292. The monoisotopic (exact) mass is 517 g/mol. The third-order valence-electron chi connectivity index (χ3n) is 5.57. The molecule has 1 saturated heterocycles. The van der Waals surface area contributed by atoms with Gasteiger partial charge in [-0.15, -0.1) is 0 Å². The molecule has 2 heterocycles. The van der Waals surface area contributed by atoms with Crippen LogP contribution < -0.4 is 5.32 Å². The summed E-state index contributed by atoms with van der Waals surface area (Å²) in [4.78, 5) is 30.2. The number of carbonyl (C=O) groups is 2. The van der Waals surface area contributed by atoms with Crippen LogP contribution in [-0.4, -0.2) is 49.3 Å². The maximum Gasteiger partial charge on any atom is 0.350 e. The number of rotatable bonds is 7. The molecule has 184 valence electrons. The largest absolute Gasteiger partial charge is 0.462 e. The second-order valence-electron chi connectivity index (χ2n) is 7.93. The molecule has 1 unspecified atom stereocenters. The number of thiazole rings is 1. The van der Waals surface area contributed by atoms with Crippen LogP contribution in [0.5, 0.6) is 0 Å². The smallest absolute Gasteiger partial charge is 0.350 e. The van der Waals surface area contributed by atoms with Crippen LogP contribution in [0.25, 0.3) is 11.3 Å². The van der Waals surface area contributed by atoms with Gasteiger partial charge in [-0.05, 0) is 44.0 Å². The van der Waals surface area contributed by atoms with Crippen molar-refractivity contribution in [3.63, 3.8) is 0 Å². The van der Waals surface area contributed by atoms with Gasteiger partial charge in [0.15, 0.2) is 5.13 Å². The van der Waals surface area contributed by atoms with Gasteiger partial charge in [0, 0.05) is 18.7 Å². The van der Waals surface area contributed by atoms with E-state index in [1.807, 2.05) is 30.3 Å². The minimum absolute atomic E-state index is 0.00675. The molecular weight excluding hydrogens is 493 g/mol. The molecule has 0 radical (unpaired) electrons. The molecule has 1 fully saturated rings. The zero-order chi connectivity index (χ0) is 25.0. The Balaban J connectivity index is 1.52. The quantitative estimate of drug-likeness (QED) is 0.472. The maximum absolute atomic E-state index is 13.2. The summed E-state index contributed by atoms with van der Waals surface area (Å²) in [5.41, 5.74) is 1.12. The van der Waals surface area contributed by atoms with E-state index in [4.69, 9.17) is 4.74 Å². The van der Waals surface area contributed by atoms with Crippen molar-refractivity contribution in [1.29, 1.82) is 0 Å². The summed E-state index contributed by atoms with van der Waals surface area (Å²) >= 11 is 1.01. The van der Waals surface area contributed by atoms with Gasteiger partial charge >= 0.3 is 5.97 Å². The van der Waals surface area contributed by atoms with Gasteiger partial charge in [0.05, 0.1) is 23.1 Å². The molecule has 4 rings (SSSR count). The number of nitrogens with one attached hydrogen (secondary N) is 1. The van der Waals surface area contributed by atoms with E-state index in [9.17, 15) is 22.4 Å². The highest BCUT2D eigenvalue weighted by Gasteiger charge is 2.34. The Hall–Kier alpha value is -3.15. The second-order valence-corrected chi connectivity index (χ2v) is 10.9. The van der Waals surface area contributed by atoms with Crippen LogP contribution in [-0.2, 0) is 19.6 Å². The summed E-state index contributed by atoms with van der Waals surface area (Å²) in [6.07, 6.45) is 1.00. The number of ether oxygens (including phenoxy) is 1. The third-order valence-corrected chi connectivity index (χ3v) is 8.40. The van der Waals surface area contributed by atoms with Gasteiger partial charge in [0.2, 0.25) is 15.9 Å². The Labute approximate surface area is 206 Å². The number of benzene rings is 2. The number of nitrogens with zero attached hydrogens (tertiary/aromatic N) is 2. The van der Waals surface area contributed by atoms with Crippen LogP contribution in [0.1, 0.15) is 29.4 Å². The molecule has 2 aromatic carbocycles. The van der Waals surface area contributed by atoms with Crippen molar-refractivity contribution < 1.29 is 27.1 Å². The third kappa shape index (κ3) is 5.58. The molecule has 11 heteroatoms. The predicted octanol–water partition coefficient (Wildman–Crippen LogP) is 4.17. The van der Waals surface area contributed by atoms with E-state index in [0.717, 1.165) is 23.5 Å². The SMILES string of the molecule is CCOC(=O)c1sc(NC(=O)C2CCCN(S(=O)(=O)c3ccc(F)cc3)C2)nc1-c1ccccc1. The lowest BCUT2D eigenvalue weighted by Crippen LogP contribution is -2.43. The van der Waals surface area contributed by atoms with Crippen LogP contribution in [0.3, 0.4) is 0 Å². The van der Waals surface area contributed by atoms with Gasteiger partial charge in [0.25, 0.3) is 0 Å². The minimum Gasteiger partial charge on any atom is -0.462 e. The Morgan fingerprint density at radius 1 is 1.17 bits per heavy atom. The Morgan fingerprint density at radius 2 is 1.89 bits per heavy atom. The Morgan fingerprint density at radius 3 is 2.57 bits per heavy atom. The first kappa shape index (κ1) is 25.0. The molecule has 35 heavy (non-hydrogen) atoms. The maximum atomic E-state index is 13.2. The highest BCUT2D eigenvalue weighted by atomic mass is 32.2. The van der Waals surface area contributed by atoms with E-state index in [2.05, 4.69) is 10.3 Å². The first-order chi connectivity index (χ1) is 16.8. The fourth-order valence-electron chi connectivity index (χ4n) is 3.84. The van der Waals surface area contributed by atoms with Crippen molar-refractivity contribution in [2.45, 2.75) is 24.7 Å². The molecule has 1 aromatic heterocycles. The van der Waals surface area contributed by atoms with Crippen LogP contribution in [0.2, 0.25) is 0 Å². The van der Waals surface area contributed by atoms with Crippen LogP contribution in [0.15, 0.2) is 59.5 Å². The zero-order valence-electron chi connectivity index (χ0n) is 18.9. The van der Waals surface area contributed by atoms with E-state index in [-0.39, 0.29) is 40.5 Å².